The fourth-order valence-corrected chi connectivity index (χ4v) is 3.87. The highest BCUT2D eigenvalue weighted by molar-refractivity contribution is 5.98. The zero-order chi connectivity index (χ0) is 19.5. The molecule has 2 aromatic carbocycles. The molecule has 1 unspecified atom stereocenters. The number of Topliss-reactive ketones (excluding diaryl/α,β-unsaturated/α-hetero) is 1. The lowest BCUT2D eigenvalue weighted by molar-refractivity contribution is 0.0811. The number of nitrogens with zero attached hydrogens (tertiary/aromatic N) is 3. The van der Waals surface area contributed by atoms with E-state index in [1.165, 1.54) is 0 Å². The Morgan fingerprint density at radius 3 is 2.96 bits per heavy atom. The first-order chi connectivity index (χ1) is 13.6. The van der Waals surface area contributed by atoms with Crippen LogP contribution in [-0.2, 0) is 6.54 Å². The summed E-state index contributed by atoms with van der Waals surface area (Å²) < 4.78 is 10.6. The summed E-state index contributed by atoms with van der Waals surface area (Å²) in [5.74, 6) is 0.941. The number of fused-ring (bicyclic) bond motifs is 1. The monoisotopic (exact) mass is 379 g/mol. The first kappa shape index (κ1) is 18.6. The molecule has 1 aliphatic heterocycles. The maximum absolute atomic E-state index is 13.1. The Balaban J connectivity index is 1.46. The average molecular weight is 379 g/mol. The van der Waals surface area contributed by atoms with Crippen molar-refractivity contribution in [3.05, 3.63) is 53.6 Å². The predicted octanol–water partition coefficient (Wildman–Crippen LogP) is 4.10. The maximum atomic E-state index is 13.1. The summed E-state index contributed by atoms with van der Waals surface area (Å²) in [6, 6.07) is 13.4. The van der Waals surface area contributed by atoms with Crippen LogP contribution in [0.25, 0.3) is 11.0 Å². The van der Waals surface area contributed by atoms with Gasteiger partial charge < -0.3 is 4.74 Å². The number of rotatable bonds is 6. The van der Waals surface area contributed by atoms with Gasteiger partial charge in [0.15, 0.2) is 5.78 Å². The van der Waals surface area contributed by atoms with E-state index in [2.05, 4.69) is 15.2 Å². The lowest BCUT2D eigenvalue weighted by atomic mass is 9.89. The lowest BCUT2D eigenvalue weighted by Gasteiger charge is -2.32. The molecule has 4 rings (SSSR count). The smallest absolute Gasteiger partial charge is 0.167 e. The van der Waals surface area contributed by atoms with Crippen LogP contribution in [0.4, 0.5) is 0 Å². The standard InChI is InChI=1S/C22H25N3O3/c1-15(2)27-19-9-3-6-16(12-19)22(26)18-8-5-11-25(14-18)13-17-7-4-10-20-21(17)24-28-23-20/h3-4,6-7,9-10,12,15,18H,5,8,11,13-14H2,1-2H3. The molecule has 0 radical (unpaired) electrons. The fourth-order valence-electron chi connectivity index (χ4n) is 3.87. The van der Waals surface area contributed by atoms with Gasteiger partial charge in [0.2, 0.25) is 0 Å². The van der Waals surface area contributed by atoms with Gasteiger partial charge in [0.25, 0.3) is 0 Å². The molecule has 2 heterocycles. The van der Waals surface area contributed by atoms with Gasteiger partial charge in [-0.3, -0.25) is 9.69 Å². The summed E-state index contributed by atoms with van der Waals surface area (Å²) in [7, 11) is 0. The van der Waals surface area contributed by atoms with E-state index in [0.29, 0.717) is 0 Å². The molecule has 0 spiro atoms. The minimum absolute atomic E-state index is 0.00214. The molecule has 0 bridgehead atoms. The minimum Gasteiger partial charge on any atom is -0.491 e. The van der Waals surface area contributed by atoms with Gasteiger partial charge in [0, 0.05) is 24.6 Å². The number of aromatic nitrogens is 2. The molecular formula is C22H25N3O3. The number of ketones is 1. The topological polar surface area (TPSA) is 68.5 Å². The van der Waals surface area contributed by atoms with Crippen molar-refractivity contribution in [2.24, 2.45) is 5.92 Å². The predicted molar refractivity (Wildman–Crippen MR) is 106 cm³/mol. The number of piperidine rings is 1. The summed E-state index contributed by atoms with van der Waals surface area (Å²) in [6.45, 7) is 6.43. The van der Waals surface area contributed by atoms with Crippen molar-refractivity contribution in [1.29, 1.82) is 0 Å². The number of carbonyl (C=O) groups excluding carboxylic acids is 1. The lowest BCUT2D eigenvalue weighted by Crippen LogP contribution is -2.38. The Morgan fingerprint density at radius 2 is 2.11 bits per heavy atom. The van der Waals surface area contributed by atoms with Crippen LogP contribution >= 0.6 is 0 Å². The van der Waals surface area contributed by atoms with E-state index < -0.39 is 0 Å². The molecular weight excluding hydrogens is 354 g/mol. The van der Waals surface area contributed by atoms with Gasteiger partial charge in [0.05, 0.1) is 6.10 Å². The van der Waals surface area contributed by atoms with Gasteiger partial charge in [0.1, 0.15) is 16.8 Å². The fraction of sp³-hybridized carbons (Fsp3) is 0.409. The quantitative estimate of drug-likeness (QED) is 0.601. The molecule has 1 atom stereocenters. The summed E-state index contributed by atoms with van der Waals surface area (Å²) >= 11 is 0. The van der Waals surface area contributed by atoms with Crippen LogP contribution in [0.2, 0.25) is 0 Å². The Hall–Kier alpha value is -2.73. The van der Waals surface area contributed by atoms with Crippen molar-refractivity contribution in [1.82, 2.24) is 15.2 Å². The van der Waals surface area contributed by atoms with Crippen molar-refractivity contribution in [2.45, 2.75) is 39.3 Å². The molecule has 1 saturated heterocycles. The average Bonchev–Trinajstić information content (AvgIpc) is 3.17. The molecule has 6 heteroatoms. The summed E-state index contributed by atoms with van der Waals surface area (Å²) in [5, 5.41) is 7.94. The van der Waals surface area contributed by atoms with E-state index >= 15 is 0 Å². The highest BCUT2D eigenvalue weighted by atomic mass is 16.6. The second-order valence-electron chi connectivity index (χ2n) is 7.68. The van der Waals surface area contributed by atoms with Crippen molar-refractivity contribution < 1.29 is 14.2 Å². The van der Waals surface area contributed by atoms with E-state index in [1.54, 1.807) is 0 Å². The van der Waals surface area contributed by atoms with Gasteiger partial charge in [-0.05, 0) is 67.3 Å². The van der Waals surface area contributed by atoms with E-state index in [-0.39, 0.29) is 17.8 Å². The third-order valence-electron chi connectivity index (χ3n) is 5.13. The molecule has 28 heavy (non-hydrogen) atoms. The van der Waals surface area contributed by atoms with Crippen molar-refractivity contribution in [3.8, 4) is 5.75 Å². The van der Waals surface area contributed by atoms with Gasteiger partial charge in [-0.2, -0.15) is 0 Å². The highest BCUT2D eigenvalue weighted by Crippen LogP contribution is 2.25. The first-order valence-corrected chi connectivity index (χ1v) is 9.83. The second kappa shape index (κ2) is 8.10. The molecule has 0 saturated carbocycles. The molecule has 1 aromatic heterocycles. The molecule has 3 aromatic rings. The minimum atomic E-state index is -0.00214. The number of hydrogen-bond donors (Lipinski definition) is 0. The van der Waals surface area contributed by atoms with Crippen LogP contribution < -0.4 is 4.74 Å². The number of benzene rings is 2. The van der Waals surface area contributed by atoms with E-state index in [1.807, 2.05) is 56.3 Å². The van der Waals surface area contributed by atoms with Crippen LogP contribution in [0.3, 0.4) is 0 Å². The van der Waals surface area contributed by atoms with Crippen LogP contribution in [-0.4, -0.2) is 40.2 Å². The van der Waals surface area contributed by atoms with E-state index in [4.69, 9.17) is 9.37 Å². The van der Waals surface area contributed by atoms with Gasteiger partial charge >= 0.3 is 0 Å². The third-order valence-corrected chi connectivity index (χ3v) is 5.13. The van der Waals surface area contributed by atoms with Crippen molar-refractivity contribution in [3.63, 3.8) is 0 Å². The van der Waals surface area contributed by atoms with Crippen LogP contribution in [0.1, 0.15) is 42.6 Å². The Kier molecular flexibility index (Phi) is 5.39. The van der Waals surface area contributed by atoms with Crippen molar-refractivity contribution >= 4 is 16.8 Å². The first-order valence-electron chi connectivity index (χ1n) is 9.83. The zero-order valence-electron chi connectivity index (χ0n) is 16.3. The summed E-state index contributed by atoms with van der Waals surface area (Å²) in [5.41, 5.74) is 3.38. The second-order valence-corrected chi connectivity index (χ2v) is 7.68. The maximum Gasteiger partial charge on any atom is 0.167 e. The normalized spacial score (nSPS) is 17.9. The van der Waals surface area contributed by atoms with E-state index in [0.717, 1.165) is 60.4 Å². The molecule has 1 fully saturated rings. The van der Waals surface area contributed by atoms with Crippen LogP contribution in [0.15, 0.2) is 47.1 Å². The molecule has 1 aliphatic rings. The zero-order valence-corrected chi connectivity index (χ0v) is 16.3. The Morgan fingerprint density at radius 1 is 1.25 bits per heavy atom. The molecule has 0 aliphatic carbocycles. The van der Waals surface area contributed by atoms with Gasteiger partial charge in [-0.25, -0.2) is 4.63 Å². The number of ether oxygens (including phenoxy) is 1. The Labute approximate surface area is 164 Å². The summed E-state index contributed by atoms with van der Waals surface area (Å²) in [6.07, 6.45) is 2.01. The Bertz CT molecular complexity index is 966. The van der Waals surface area contributed by atoms with Crippen LogP contribution in [0, 0.1) is 5.92 Å². The summed E-state index contributed by atoms with van der Waals surface area (Å²) in [4.78, 5) is 15.4. The number of likely N-dealkylation sites (tertiary alicyclic amines) is 1. The molecule has 146 valence electrons. The largest absolute Gasteiger partial charge is 0.491 e. The molecule has 0 N–H and O–H groups in total. The van der Waals surface area contributed by atoms with Gasteiger partial charge in [-0.1, -0.05) is 24.3 Å². The van der Waals surface area contributed by atoms with Crippen molar-refractivity contribution in [2.75, 3.05) is 13.1 Å². The molecule has 6 nitrogen and oxygen atoms in total. The SMILES string of the molecule is CC(C)Oc1cccc(C(=O)C2CCCN(Cc3cccc4nonc34)C2)c1. The highest BCUT2D eigenvalue weighted by Gasteiger charge is 2.27. The number of carbonyl (C=O) groups is 1. The number of hydrogen-bond acceptors (Lipinski definition) is 6. The van der Waals surface area contributed by atoms with E-state index in [9.17, 15) is 4.79 Å². The van der Waals surface area contributed by atoms with Crippen LogP contribution in [0.5, 0.6) is 5.75 Å². The van der Waals surface area contributed by atoms with Gasteiger partial charge in [-0.15, -0.1) is 0 Å². The molecule has 0 amide bonds. The third kappa shape index (κ3) is 4.07.